The summed E-state index contributed by atoms with van der Waals surface area (Å²) in [6, 6.07) is 0. The quantitative estimate of drug-likeness (QED) is 0.795. The second-order valence-electron chi connectivity index (χ2n) is 5.75. The van der Waals surface area contributed by atoms with Crippen LogP contribution >= 0.6 is 11.3 Å². The lowest BCUT2D eigenvalue weighted by atomic mass is 10.3. The third-order valence-corrected chi connectivity index (χ3v) is 4.96. The molecule has 1 heterocycles. The van der Waals surface area contributed by atoms with Crippen LogP contribution in [0.25, 0.3) is 0 Å². The van der Waals surface area contributed by atoms with Crippen LogP contribution in [0.1, 0.15) is 36.3 Å². The SMILES string of the molecule is COCc1nc(N(CC2CC2)CC2CC2)sc1CO. The van der Waals surface area contributed by atoms with Gasteiger partial charge in [-0.2, -0.15) is 0 Å². The Bertz CT molecular complexity index is 413. The molecule has 0 atom stereocenters. The van der Waals surface area contributed by atoms with E-state index >= 15 is 0 Å². The number of hydrogen-bond acceptors (Lipinski definition) is 5. The van der Waals surface area contributed by atoms with Gasteiger partial charge in [-0.05, 0) is 37.5 Å². The topological polar surface area (TPSA) is 45.6 Å². The highest BCUT2D eigenvalue weighted by atomic mass is 32.1. The average Bonchev–Trinajstić information content (AvgIpc) is 3.32. The Morgan fingerprint density at radius 1 is 1.26 bits per heavy atom. The van der Waals surface area contributed by atoms with Gasteiger partial charge < -0.3 is 14.7 Å². The van der Waals surface area contributed by atoms with Crippen LogP contribution in [0, 0.1) is 11.8 Å². The average molecular weight is 282 g/mol. The van der Waals surface area contributed by atoms with Gasteiger partial charge in [-0.15, -0.1) is 0 Å². The van der Waals surface area contributed by atoms with Crippen molar-refractivity contribution >= 4 is 16.5 Å². The van der Waals surface area contributed by atoms with Crippen LogP contribution < -0.4 is 4.90 Å². The first-order chi connectivity index (χ1) is 9.30. The second kappa shape index (κ2) is 5.77. The number of aromatic nitrogens is 1. The van der Waals surface area contributed by atoms with Crippen molar-refractivity contribution in [1.82, 2.24) is 4.98 Å². The zero-order valence-corrected chi connectivity index (χ0v) is 12.3. The molecular formula is C14H22N2O2S. The van der Waals surface area contributed by atoms with Gasteiger partial charge in [0, 0.05) is 20.2 Å². The molecule has 0 aliphatic heterocycles. The summed E-state index contributed by atoms with van der Waals surface area (Å²) in [5.74, 6) is 1.73. The number of thiazole rings is 1. The molecule has 0 aromatic carbocycles. The number of aliphatic hydroxyl groups is 1. The van der Waals surface area contributed by atoms with Crippen LogP contribution in [0.2, 0.25) is 0 Å². The molecule has 1 aromatic rings. The number of aliphatic hydroxyl groups excluding tert-OH is 1. The van der Waals surface area contributed by atoms with Gasteiger partial charge in [0.05, 0.1) is 23.8 Å². The number of hydrogen-bond donors (Lipinski definition) is 1. The Morgan fingerprint density at radius 3 is 2.37 bits per heavy atom. The van der Waals surface area contributed by atoms with E-state index in [1.807, 2.05) is 0 Å². The van der Waals surface area contributed by atoms with Crippen LogP contribution in [0.15, 0.2) is 0 Å². The molecule has 0 radical (unpaired) electrons. The van der Waals surface area contributed by atoms with Gasteiger partial charge in [0.2, 0.25) is 0 Å². The summed E-state index contributed by atoms with van der Waals surface area (Å²) in [7, 11) is 1.67. The number of nitrogens with zero attached hydrogens (tertiary/aromatic N) is 2. The molecule has 0 bridgehead atoms. The van der Waals surface area contributed by atoms with Gasteiger partial charge in [0.15, 0.2) is 5.13 Å². The summed E-state index contributed by atoms with van der Waals surface area (Å²) in [6.45, 7) is 2.84. The summed E-state index contributed by atoms with van der Waals surface area (Å²) in [5, 5.41) is 10.5. The van der Waals surface area contributed by atoms with Crippen molar-refractivity contribution in [2.45, 2.75) is 38.9 Å². The fraction of sp³-hybridized carbons (Fsp3) is 0.786. The molecule has 1 N–H and O–H groups in total. The standard InChI is InChI=1S/C14H22N2O2S/c1-18-9-12-13(8-17)19-14(15-12)16(6-10-2-3-10)7-11-4-5-11/h10-11,17H,2-9H2,1H3. The maximum absolute atomic E-state index is 9.42. The Balaban J connectivity index is 1.74. The maximum Gasteiger partial charge on any atom is 0.185 e. The zero-order chi connectivity index (χ0) is 13.2. The monoisotopic (exact) mass is 282 g/mol. The molecule has 0 unspecified atom stereocenters. The molecule has 4 nitrogen and oxygen atoms in total. The number of anilines is 1. The maximum atomic E-state index is 9.42. The largest absolute Gasteiger partial charge is 0.391 e. The van der Waals surface area contributed by atoms with Gasteiger partial charge >= 0.3 is 0 Å². The van der Waals surface area contributed by atoms with Crippen LogP contribution in [0.5, 0.6) is 0 Å². The third-order valence-electron chi connectivity index (χ3n) is 3.81. The summed E-state index contributed by atoms with van der Waals surface area (Å²) in [5.41, 5.74) is 0.904. The Kier molecular flexibility index (Phi) is 4.05. The van der Waals surface area contributed by atoms with Crippen LogP contribution in [-0.2, 0) is 18.0 Å². The van der Waals surface area contributed by atoms with Gasteiger partial charge in [-0.1, -0.05) is 11.3 Å². The van der Waals surface area contributed by atoms with E-state index in [0.29, 0.717) is 6.61 Å². The van der Waals surface area contributed by atoms with E-state index in [9.17, 15) is 5.11 Å². The molecule has 106 valence electrons. The highest BCUT2D eigenvalue weighted by Crippen LogP contribution is 2.37. The first-order valence-corrected chi connectivity index (χ1v) is 7.95. The Hall–Kier alpha value is -0.650. The Morgan fingerprint density at radius 2 is 1.89 bits per heavy atom. The van der Waals surface area contributed by atoms with Crippen molar-refractivity contribution in [2.24, 2.45) is 11.8 Å². The van der Waals surface area contributed by atoms with Crippen molar-refractivity contribution in [3.8, 4) is 0 Å². The molecule has 2 aliphatic carbocycles. The molecule has 2 aliphatic rings. The minimum absolute atomic E-state index is 0.0665. The molecule has 19 heavy (non-hydrogen) atoms. The smallest absolute Gasteiger partial charge is 0.185 e. The number of ether oxygens (including phenoxy) is 1. The lowest BCUT2D eigenvalue weighted by Gasteiger charge is -2.21. The van der Waals surface area contributed by atoms with Crippen molar-refractivity contribution in [1.29, 1.82) is 0 Å². The van der Waals surface area contributed by atoms with E-state index in [-0.39, 0.29) is 6.61 Å². The highest BCUT2D eigenvalue weighted by molar-refractivity contribution is 7.15. The first-order valence-electron chi connectivity index (χ1n) is 7.13. The number of rotatable bonds is 8. The van der Waals surface area contributed by atoms with E-state index in [2.05, 4.69) is 4.90 Å². The van der Waals surface area contributed by atoms with E-state index in [1.54, 1.807) is 18.4 Å². The number of methoxy groups -OCH3 is 1. The lowest BCUT2D eigenvalue weighted by Crippen LogP contribution is -2.27. The zero-order valence-electron chi connectivity index (χ0n) is 11.5. The fourth-order valence-electron chi connectivity index (χ4n) is 2.33. The van der Waals surface area contributed by atoms with Crippen LogP contribution in [0.4, 0.5) is 5.13 Å². The van der Waals surface area contributed by atoms with Gasteiger partial charge in [0.25, 0.3) is 0 Å². The van der Waals surface area contributed by atoms with E-state index in [1.165, 1.54) is 25.7 Å². The third kappa shape index (κ3) is 3.46. The minimum atomic E-state index is 0.0665. The van der Waals surface area contributed by atoms with Crippen molar-refractivity contribution in [2.75, 3.05) is 25.1 Å². The molecule has 0 saturated heterocycles. The van der Waals surface area contributed by atoms with Crippen molar-refractivity contribution in [3.05, 3.63) is 10.6 Å². The molecular weight excluding hydrogens is 260 g/mol. The summed E-state index contributed by atoms with van der Waals surface area (Å²) >= 11 is 1.63. The molecule has 3 rings (SSSR count). The van der Waals surface area contributed by atoms with E-state index in [4.69, 9.17) is 9.72 Å². The molecule has 2 fully saturated rings. The summed E-state index contributed by atoms with van der Waals surface area (Å²) < 4.78 is 5.16. The van der Waals surface area contributed by atoms with Gasteiger partial charge in [0.1, 0.15) is 0 Å². The van der Waals surface area contributed by atoms with Crippen molar-refractivity contribution < 1.29 is 9.84 Å². The van der Waals surface area contributed by atoms with Crippen LogP contribution in [-0.4, -0.2) is 30.3 Å². The molecule has 0 amide bonds. The molecule has 1 aromatic heterocycles. The second-order valence-corrected chi connectivity index (χ2v) is 6.81. The predicted octanol–water partition coefficient (Wildman–Crippen LogP) is 2.41. The predicted molar refractivity (Wildman–Crippen MR) is 76.4 cm³/mol. The lowest BCUT2D eigenvalue weighted by molar-refractivity contribution is 0.179. The normalized spacial score (nSPS) is 18.8. The molecule has 2 saturated carbocycles. The Labute approximate surface area is 118 Å². The van der Waals surface area contributed by atoms with E-state index < -0.39 is 0 Å². The molecule has 5 heteroatoms. The van der Waals surface area contributed by atoms with Crippen LogP contribution in [0.3, 0.4) is 0 Å². The first kappa shape index (κ1) is 13.3. The summed E-state index contributed by atoms with van der Waals surface area (Å²) in [6.07, 6.45) is 5.46. The molecule has 0 spiro atoms. The van der Waals surface area contributed by atoms with Gasteiger partial charge in [-0.25, -0.2) is 4.98 Å². The summed E-state index contributed by atoms with van der Waals surface area (Å²) in [4.78, 5) is 8.09. The van der Waals surface area contributed by atoms with Crippen molar-refractivity contribution in [3.63, 3.8) is 0 Å². The fourth-order valence-corrected chi connectivity index (χ4v) is 3.27. The minimum Gasteiger partial charge on any atom is -0.391 e. The van der Waals surface area contributed by atoms with Gasteiger partial charge in [-0.3, -0.25) is 0 Å². The highest BCUT2D eigenvalue weighted by Gasteiger charge is 2.30. The van der Waals surface area contributed by atoms with E-state index in [0.717, 1.165) is 40.6 Å².